The van der Waals surface area contributed by atoms with E-state index in [9.17, 15) is 0 Å². The molecule has 0 radical (unpaired) electrons. The molecule has 1 aromatic heterocycles. The first-order valence-corrected chi connectivity index (χ1v) is 10.3. The topological polar surface area (TPSA) is 77.0 Å². The number of guanidine groups is 1. The summed E-state index contributed by atoms with van der Waals surface area (Å²) in [5.41, 5.74) is 3.25. The van der Waals surface area contributed by atoms with Crippen LogP contribution in [0.4, 0.5) is 0 Å². The van der Waals surface area contributed by atoms with Gasteiger partial charge in [-0.15, -0.1) is 24.0 Å². The number of pyridine rings is 1. The van der Waals surface area contributed by atoms with Crippen molar-refractivity contribution >= 4 is 29.9 Å². The molecule has 0 unspecified atom stereocenters. The molecule has 0 atom stereocenters. The lowest BCUT2D eigenvalue weighted by Gasteiger charge is -2.14. The fraction of sp³-hybridized carbons (Fsp3) is 0.250. The second kappa shape index (κ2) is 12.1. The normalized spacial score (nSPS) is 12.1. The number of fused-ring (bicyclic) bond motifs is 1. The Morgan fingerprint density at radius 3 is 2.69 bits per heavy atom. The van der Waals surface area contributed by atoms with E-state index in [-0.39, 0.29) is 24.0 Å². The molecule has 0 fully saturated rings. The minimum Gasteiger partial charge on any atom is -0.473 e. The number of aromatic nitrogens is 1. The zero-order chi connectivity index (χ0) is 21.3. The third-order valence-electron chi connectivity index (χ3n) is 4.88. The fourth-order valence-electron chi connectivity index (χ4n) is 3.24. The lowest BCUT2D eigenvalue weighted by Crippen LogP contribution is -2.38. The summed E-state index contributed by atoms with van der Waals surface area (Å²) >= 11 is 0. The van der Waals surface area contributed by atoms with Crippen LogP contribution in [0, 0.1) is 0 Å². The van der Waals surface area contributed by atoms with Crippen molar-refractivity contribution in [1.82, 2.24) is 15.6 Å². The zero-order valence-electron chi connectivity index (χ0n) is 17.9. The molecule has 2 aromatic carbocycles. The highest BCUT2D eigenvalue weighted by Crippen LogP contribution is 2.32. The van der Waals surface area contributed by atoms with Crippen LogP contribution >= 0.6 is 24.0 Å². The summed E-state index contributed by atoms with van der Waals surface area (Å²) in [5, 5.41) is 6.67. The summed E-state index contributed by atoms with van der Waals surface area (Å²) in [6.45, 7) is 2.07. The van der Waals surface area contributed by atoms with Crippen molar-refractivity contribution in [2.24, 2.45) is 4.99 Å². The number of nitrogens with one attached hydrogen (secondary N) is 2. The van der Waals surface area contributed by atoms with Gasteiger partial charge >= 0.3 is 0 Å². The summed E-state index contributed by atoms with van der Waals surface area (Å²) in [7, 11) is 1.76. The average Bonchev–Trinajstić information content (AvgIpc) is 3.29. The molecule has 0 saturated heterocycles. The maximum Gasteiger partial charge on any atom is 0.231 e. The zero-order valence-corrected chi connectivity index (χ0v) is 20.2. The summed E-state index contributed by atoms with van der Waals surface area (Å²) < 4.78 is 16.7. The first-order valence-electron chi connectivity index (χ1n) is 10.3. The molecule has 2 N–H and O–H groups in total. The summed E-state index contributed by atoms with van der Waals surface area (Å²) in [5.74, 6) is 2.95. The third kappa shape index (κ3) is 6.49. The van der Waals surface area contributed by atoms with E-state index in [2.05, 4.69) is 26.7 Å². The van der Waals surface area contributed by atoms with E-state index in [0.717, 1.165) is 41.6 Å². The molecule has 0 aliphatic carbocycles. The van der Waals surface area contributed by atoms with E-state index in [0.29, 0.717) is 25.8 Å². The lowest BCUT2D eigenvalue weighted by atomic mass is 10.1. The van der Waals surface area contributed by atoms with Crippen molar-refractivity contribution in [2.45, 2.75) is 19.6 Å². The maximum absolute atomic E-state index is 5.93. The van der Waals surface area contributed by atoms with Gasteiger partial charge in [-0.05, 0) is 35.7 Å². The Hall–Kier alpha value is -3.01. The highest BCUT2D eigenvalue weighted by Gasteiger charge is 2.13. The standard InChI is InChI=1S/C24H26N4O3.HI/c1-25-24(27-13-11-18-9-10-21-22(14-18)31-17-30-21)28-15-20-8-5-12-26-23(20)29-16-19-6-3-2-4-7-19;/h2-10,12,14H,11,13,15-17H2,1H3,(H2,25,27,28);1H. The van der Waals surface area contributed by atoms with Gasteiger partial charge < -0.3 is 24.8 Å². The quantitative estimate of drug-likeness (QED) is 0.254. The highest BCUT2D eigenvalue weighted by molar-refractivity contribution is 14.0. The van der Waals surface area contributed by atoms with Crippen LogP contribution in [0.5, 0.6) is 17.4 Å². The number of rotatable bonds is 8. The largest absolute Gasteiger partial charge is 0.473 e. The summed E-state index contributed by atoms with van der Waals surface area (Å²) in [6, 6.07) is 20.0. The van der Waals surface area contributed by atoms with Gasteiger partial charge in [-0.3, -0.25) is 4.99 Å². The molecule has 2 heterocycles. The number of aliphatic imine (C=N–C) groups is 1. The van der Waals surface area contributed by atoms with Crippen molar-refractivity contribution in [3.05, 3.63) is 83.6 Å². The van der Waals surface area contributed by atoms with Gasteiger partial charge in [-0.2, -0.15) is 0 Å². The molecule has 7 nitrogen and oxygen atoms in total. The van der Waals surface area contributed by atoms with Crippen molar-refractivity contribution in [3.63, 3.8) is 0 Å². The van der Waals surface area contributed by atoms with Crippen LogP contribution < -0.4 is 24.8 Å². The molecule has 0 spiro atoms. The van der Waals surface area contributed by atoms with Crippen molar-refractivity contribution < 1.29 is 14.2 Å². The minimum absolute atomic E-state index is 0. The maximum atomic E-state index is 5.93. The average molecular weight is 546 g/mol. The van der Waals surface area contributed by atoms with Crippen LogP contribution in [0.3, 0.4) is 0 Å². The van der Waals surface area contributed by atoms with Crippen LogP contribution in [0.2, 0.25) is 0 Å². The van der Waals surface area contributed by atoms with Crippen LogP contribution in [-0.2, 0) is 19.6 Å². The van der Waals surface area contributed by atoms with E-state index < -0.39 is 0 Å². The van der Waals surface area contributed by atoms with Gasteiger partial charge in [0.1, 0.15) is 6.61 Å². The Kier molecular flexibility index (Phi) is 8.97. The molecule has 0 amide bonds. The Morgan fingerprint density at radius 1 is 1.00 bits per heavy atom. The van der Waals surface area contributed by atoms with Crippen LogP contribution in [0.25, 0.3) is 0 Å². The van der Waals surface area contributed by atoms with Gasteiger partial charge in [-0.1, -0.05) is 42.5 Å². The van der Waals surface area contributed by atoms with Crippen molar-refractivity contribution in [2.75, 3.05) is 20.4 Å². The number of halogens is 1. The van der Waals surface area contributed by atoms with Crippen LogP contribution in [0.1, 0.15) is 16.7 Å². The van der Waals surface area contributed by atoms with Crippen LogP contribution in [-0.4, -0.2) is 31.3 Å². The van der Waals surface area contributed by atoms with Gasteiger partial charge in [0, 0.05) is 31.9 Å². The first-order chi connectivity index (χ1) is 15.3. The Morgan fingerprint density at radius 2 is 1.84 bits per heavy atom. The Labute approximate surface area is 205 Å². The Bertz CT molecular complexity index is 1030. The Balaban J connectivity index is 0.00000289. The monoisotopic (exact) mass is 546 g/mol. The van der Waals surface area contributed by atoms with E-state index in [1.54, 1.807) is 13.2 Å². The van der Waals surface area contributed by atoms with E-state index in [1.165, 1.54) is 5.56 Å². The molecule has 168 valence electrons. The lowest BCUT2D eigenvalue weighted by molar-refractivity contribution is 0.174. The van der Waals surface area contributed by atoms with Gasteiger partial charge in [0.25, 0.3) is 0 Å². The van der Waals surface area contributed by atoms with Gasteiger partial charge in [0.15, 0.2) is 17.5 Å². The molecule has 3 aromatic rings. The molecule has 8 heteroatoms. The summed E-state index contributed by atoms with van der Waals surface area (Å²) in [4.78, 5) is 8.69. The minimum atomic E-state index is 0. The predicted molar refractivity (Wildman–Crippen MR) is 135 cm³/mol. The van der Waals surface area contributed by atoms with Gasteiger partial charge in [0.05, 0.1) is 0 Å². The number of nitrogens with zero attached hydrogens (tertiary/aromatic N) is 2. The SMILES string of the molecule is CN=C(NCCc1ccc2c(c1)OCO2)NCc1cccnc1OCc1ccccc1.I. The molecule has 1 aliphatic heterocycles. The highest BCUT2D eigenvalue weighted by atomic mass is 127. The molecule has 1 aliphatic rings. The number of ether oxygens (including phenoxy) is 3. The second-order valence-corrected chi connectivity index (χ2v) is 7.03. The fourth-order valence-corrected chi connectivity index (χ4v) is 3.24. The summed E-state index contributed by atoms with van der Waals surface area (Å²) in [6.07, 6.45) is 2.58. The molecular formula is C24H27IN4O3. The van der Waals surface area contributed by atoms with Crippen molar-refractivity contribution in [1.29, 1.82) is 0 Å². The number of hydrogen-bond donors (Lipinski definition) is 2. The van der Waals surface area contributed by atoms with Gasteiger partial charge in [0.2, 0.25) is 12.7 Å². The second-order valence-electron chi connectivity index (χ2n) is 7.03. The smallest absolute Gasteiger partial charge is 0.231 e. The molecule has 0 bridgehead atoms. The van der Waals surface area contributed by atoms with Crippen molar-refractivity contribution in [3.8, 4) is 17.4 Å². The van der Waals surface area contributed by atoms with E-state index >= 15 is 0 Å². The van der Waals surface area contributed by atoms with Crippen LogP contribution in [0.15, 0.2) is 71.9 Å². The molecule has 0 saturated carbocycles. The predicted octanol–water partition coefficient (Wildman–Crippen LogP) is 3.92. The molecule has 32 heavy (non-hydrogen) atoms. The number of hydrogen-bond acceptors (Lipinski definition) is 5. The third-order valence-corrected chi connectivity index (χ3v) is 4.88. The molecule has 4 rings (SSSR count). The number of benzene rings is 2. The van der Waals surface area contributed by atoms with Gasteiger partial charge in [-0.25, -0.2) is 4.98 Å². The molecular weight excluding hydrogens is 519 g/mol. The van der Waals surface area contributed by atoms with E-state index in [4.69, 9.17) is 14.2 Å². The van der Waals surface area contributed by atoms with E-state index in [1.807, 2.05) is 54.6 Å². The first kappa shape index (κ1) is 23.6.